The van der Waals surface area contributed by atoms with Crippen LogP contribution >= 0.6 is 27.5 Å². The van der Waals surface area contributed by atoms with Crippen LogP contribution in [0.2, 0.25) is 5.02 Å². The molecule has 1 atom stereocenters. The van der Waals surface area contributed by atoms with E-state index in [2.05, 4.69) is 45.2 Å². The number of fused-ring (bicyclic) bond motifs is 1. The van der Waals surface area contributed by atoms with Crippen LogP contribution in [0.1, 0.15) is 43.9 Å². The fraction of sp³-hybridized carbons (Fsp3) is 0.320. The third-order valence-electron chi connectivity index (χ3n) is 6.17. The van der Waals surface area contributed by atoms with Gasteiger partial charge in [-0.1, -0.05) is 43.6 Å². The largest absolute Gasteiger partial charge is 0.493 e. The van der Waals surface area contributed by atoms with E-state index in [4.69, 9.17) is 21.1 Å². The molecule has 0 amide bonds. The average molecular weight is 544 g/mol. The van der Waals surface area contributed by atoms with Crippen molar-refractivity contribution < 1.29 is 14.3 Å². The molecular weight excluding hydrogens is 520 g/mol. The predicted octanol–water partition coefficient (Wildman–Crippen LogP) is 5.94. The van der Waals surface area contributed by atoms with E-state index in [0.717, 1.165) is 28.8 Å². The Balaban J connectivity index is 1.55. The summed E-state index contributed by atoms with van der Waals surface area (Å²) in [5.74, 6) is 1.83. The maximum Gasteiger partial charge on any atom is 0.226 e. The van der Waals surface area contributed by atoms with Gasteiger partial charge in [-0.2, -0.15) is 10.1 Å². The first-order chi connectivity index (χ1) is 16.3. The van der Waals surface area contributed by atoms with Crippen molar-refractivity contribution in [2.75, 3.05) is 12.4 Å². The number of hydrogen-bond acceptors (Lipinski definition) is 6. The zero-order valence-electron chi connectivity index (χ0n) is 19.1. The minimum Gasteiger partial charge on any atom is -0.493 e. The maximum atomic E-state index is 13.3. The van der Waals surface area contributed by atoms with Crippen LogP contribution in [-0.4, -0.2) is 27.7 Å². The molecule has 5 rings (SSSR count). The zero-order chi connectivity index (χ0) is 24.0. The fourth-order valence-electron chi connectivity index (χ4n) is 4.66. The molecule has 0 fully saturated rings. The van der Waals surface area contributed by atoms with Crippen molar-refractivity contribution >= 4 is 39.3 Å². The van der Waals surface area contributed by atoms with Crippen LogP contribution in [0.25, 0.3) is 0 Å². The van der Waals surface area contributed by atoms with Gasteiger partial charge in [0.05, 0.1) is 11.6 Å². The number of benzene rings is 2. The number of halogens is 2. The first kappa shape index (κ1) is 22.9. The summed E-state index contributed by atoms with van der Waals surface area (Å²) in [4.78, 5) is 17.7. The van der Waals surface area contributed by atoms with Gasteiger partial charge in [0.2, 0.25) is 5.95 Å². The van der Waals surface area contributed by atoms with Gasteiger partial charge in [-0.3, -0.25) is 4.79 Å². The van der Waals surface area contributed by atoms with Gasteiger partial charge in [-0.05, 0) is 51.5 Å². The van der Waals surface area contributed by atoms with Crippen LogP contribution in [0.15, 0.2) is 58.5 Å². The SMILES string of the molecule is COc1cc(C2C3=C(CC(C)(C)CC3=O)Nc3ncnn32)cc(Br)c1OCc1ccccc1Cl. The highest BCUT2D eigenvalue weighted by Gasteiger charge is 2.41. The Morgan fingerprint density at radius 1 is 1.26 bits per heavy atom. The number of carbonyl (C=O) groups is 1. The number of allylic oxidation sites excluding steroid dienone is 2. The zero-order valence-corrected chi connectivity index (χ0v) is 21.4. The van der Waals surface area contributed by atoms with Crippen LogP contribution < -0.4 is 14.8 Å². The van der Waals surface area contributed by atoms with Crippen LogP contribution in [-0.2, 0) is 11.4 Å². The Bertz CT molecular complexity index is 1320. The van der Waals surface area contributed by atoms with Crippen LogP contribution in [0.3, 0.4) is 0 Å². The quantitative estimate of drug-likeness (QED) is 0.429. The number of nitrogens with zero attached hydrogens (tertiary/aromatic N) is 3. The summed E-state index contributed by atoms with van der Waals surface area (Å²) in [7, 11) is 1.59. The van der Waals surface area contributed by atoms with Gasteiger partial charge < -0.3 is 14.8 Å². The Labute approximate surface area is 211 Å². The highest BCUT2D eigenvalue weighted by Crippen LogP contribution is 2.47. The van der Waals surface area contributed by atoms with E-state index in [-0.39, 0.29) is 17.8 Å². The molecule has 1 N–H and O–H groups in total. The smallest absolute Gasteiger partial charge is 0.226 e. The van der Waals surface area contributed by atoms with Crippen molar-refractivity contribution in [2.24, 2.45) is 5.41 Å². The highest BCUT2D eigenvalue weighted by atomic mass is 79.9. The standard InChI is InChI=1S/C25H24BrClN4O3/c1-25(2)10-18-21(19(32)11-25)22(31-24(30-18)28-13-29-31)15-8-16(26)23(20(9-15)33-3)34-12-14-6-4-5-7-17(14)27/h4-9,13,22H,10-12H2,1-3H3,(H,28,29,30). The molecule has 3 aromatic rings. The first-order valence-electron chi connectivity index (χ1n) is 10.9. The van der Waals surface area contributed by atoms with Gasteiger partial charge in [0.25, 0.3) is 0 Å². The molecule has 1 unspecified atom stereocenters. The Hall–Kier alpha value is -2.84. The normalized spacial score (nSPS) is 18.7. The topological polar surface area (TPSA) is 78.3 Å². The summed E-state index contributed by atoms with van der Waals surface area (Å²) < 4.78 is 14.2. The van der Waals surface area contributed by atoms with Gasteiger partial charge in [0.1, 0.15) is 19.0 Å². The van der Waals surface area contributed by atoms with Crippen LogP contribution in [0.5, 0.6) is 11.5 Å². The molecule has 0 saturated heterocycles. The molecule has 1 aliphatic heterocycles. The van der Waals surface area contributed by atoms with Gasteiger partial charge in [0.15, 0.2) is 17.3 Å². The van der Waals surface area contributed by atoms with E-state index in [9.17, 15) is 4.79 Å². The fourth-order valence-corrected chi connectivity index (χ4v) is 5.42. The molecular formula is C25H24BrClN4O3. The van der Waals surface area contributed by atoms with Crippen LogP contribution in [0.4, 0.5) is 5.95 Å². The van der Waals surface area contributed by atoms with Crippen molar-refractivity contribution in [2.45, 2.75) is 39.3 Å². The molecule has 0 radical (unpaired) electrons. The molecule has 1 aromatic heterocycles. The third kappa shape index (κ3) is 4.09. The van der Waals surface area contributed by atoms with E-state index < -0.39 is 6.04 Å². The number of ketones is 1. The van der Waals surface area contributed by atoms with E-state index in [1.54, 1.807) is 11.8 Å². The Kier molecular flexibility index (Phi) is 5.90. The van der Waals surface area contributed by atoms with E-state index in [1.807, 2.05) is 36.4 Å². The lowest BCUT2D eigenvalue weighted by atomic mass is 9.73. The molecule has 2 heterocycles. The Morgan fingerprint density at radius 2 is 2.06 bits per heavy atom. The lowest BCUT2D eigenvalue weighted by molar-refractivity contribution is -0.118. The highest BCUT2D eigenvalue weighted by molar-refractivity contribution is 9.10. The number of ether oxygens (including phenoxy) is 2. The second kappa shape index (κ2) is 8.74. The van der Waals surface area contributed by atoms with Gasteiger partial charge in [0, 0.05) is 28.3 Å². The second-order valence-electron chi connectivity index (χ2n) is 9.30. The number of rotatable bonds is 5. The van der Waals surface area contributed by atoms with Gasteiger partial charge in [-0.25, -0.2) is 4.68 Å². The summed E-state index contributed by atoms with van der Waals surface area (Å²) in [6.07, 6.45) is 2.73. The number of methoxy groups -OCH3 is 1. The molecule has 0 spiro atoms. The number of nitrogens with one attached hydrogen (secondary N) is 1. The molecule has 176 valence electrons. The molecule has 0 bridgehead atoms. The predicted molar refractivity (Wildman–Crippen MR) is 133 cm³/mol. The van der Waals surface area contributed by atoms with E-state index in [0.29, 0.717) is 33.4 Å². The van der Waals surface area contributed by atoms with Crippen molar-refractivity contribution in [1.82, 2.24) is 14.8 Å². The lowest BCUT2D eigenvalue weighted by Gasteiger charge is -2.38. The number of aromatic nitrogens is 3. The second-order valence-corrected chi connectivity index (χ2v) is 10.6. The van der Waals surface area contributed by atoms with Gasteiger partial charge >= 0.3 is 0 Å². The van der Waals surface area contributed by atoms with Crippen molar-refractivity contribution in [3.63, 3.8) is 0 Å². The molecule has 7 nitrogen and oxygen atoms in total. The van der Waals surface area contributed by atoms with Crippen molar-refractivity contribution in [3.8, 4) is 11.5 Å². The van der Waals surface area contributed by atoms with Crippen LogP contribution in [0, 0.1) is 5.41 Å². The van der Waals surface area contributed by atoms with Crippen molar-refractivity contribution in [1.29, 1.82) is 0 Å². The number of anilines is 1. The first-order valence-corrected chi connectivity index (χ1v) is 12.1. The summed E-state index contributed by atoms with van der Waals surface area (Å²) in [6, 6.07) is 11.0. The summed E-state index contributed by atoms with van der Waals surface area (Å²) in [5.41, 5.74) is 3.22. The lowest BCUT2D eigenvalue weighted by Crippen LogP contribution is -2.36. The van der Waals surface area contributed by atoms with Gasteiger partial charge in [-0.15, -0.1) is 0 Å². The molecule has 2 aromatic carbocycles. The molecule has 34 heavy (non-hydrogen) atoms. The Morgan fingerprint density at radius 3 is 2.82 bits per heavy atom. The van der Waals surface area contributed by atoms with Crippen molar-refractivity contribution in [3.05, 3.63) is 74.6 Å². The van der Waals surface area contributed by atoms with E-state index in [1.165, 1.54) is 6.33 Å². The minimum absolute atomic E-state index is 0.110. The maximum absolute atomic E-state index is 13.3. The molecule has 0 saturated carbocycles. The molecule has 1 aliphatic carbocycles. The summed E-state index contributed by atoms with van der Waals surface area (Å²) in [6.45, 7) is 4.50. The average Bonchev–Trinajstić information content (AvgIpc) is 3.24. The number of Topliss-reactive ketones (excluding diaryl/α,β-unsaturated/α-hetero) is 1. The van der Waals surface area contributed by atoms with E-state index >= 15 is 0 Å². The minimum atomic E-state index is -0.417. The summed E-state index contributed by atoms with van der Waals surface area (Å²) in [5, 5.41) is 8.39. The molecule has 2 aliphatic rings. The molecule has 9 heteroatoms. The third-order valence-corrected chi connectivity index (χ3v) is 7.13. The number of carbonyl (C=O) groups excluding carboxylic acids is 1. The monoisotopic (exact) mass is 542 g/mol. The summed E-state index contributed by atoms with van der Waals surface area (Å²) >= 11 is 9.93. The number of hydrogen-bond donors (Lipinski definition) is 1.